The number of hydrogen-bond donors (Lipinski definition) is 1. The van der Waals surface area contributed by atoms with E-state index in [-0.39, 0.29) is 16.4 Å². The Kier molecular flexibility index (Phi) is 5.00. The second kappa shape index (κ2) is 7.20. The fourth-order valence-corrected chi connectivity index (χ4v) is 4.16. The minimum Gasteiger partial charge on any atom is -0.496 e. The minimum absolute atomic E-state index is 0.137. The maximum atomic E-state index is 12.4. The first-order chi connectivity index (χ1) is 12.0. The first-order valence-corrected chi connectivity index (χ1v) is 9.10. The molecular weight excluding hydrogens is 360 g/mol. The average Bonchev–Trinajstić information content (AvgIpc) is 3.09. The number of carboxylic acids is 1. The van der Waals surface area contributed by atoms with Crippen LogP contribution in [0.1, 0.15) is 25.2 Å². The number of ether oxygens (including phenoxy) is 1. The lowest BCUT2D eigenvalue weighted by atomic mass is 10.2. The number of carbonyl (C=O) groups excluding carboxylic acids is 1. The summed E-state index contributed by atoms with van der Waals surface area (Å²) in [6, 6.07) is 8.54. The van der Waals surface area contributed by atoms with Crippen molar-refractivity contribution in [1.82, 2.24) is 9.97 Å². The number of methoxy groups -OCH3 is 1. The van der Waals surface area contributed by atoms with Crippen LogP contribution in [-0.2, 0) is 0 Å². The van der Waals surface area contributed by atoms with Crippen LogP contribution in [0.4, 0.5) is 0 Å². The molecule has 0 bridgehead atoms. The molecule has 3 aromatic rings. The van der Waals surface area contributed by atoms with Crippen LogP contribution in [0.5, 0.6) is 5.75 Å². The Bertz CT molecular complexity index is 968. The second-order valence-electron chi connectivity index (χ2n) is 5.11. The molecule has 0 atom stereocenters. The summed E-state index contributed by atoms with van der Waals surface area (Å²) >= 11 is 2.27. The van der Waals surface area contributed by atoms with Crippen molar-refractivity contribution in [2.24, 2.45) is 0 Å². The summed E-state index contributed by atoms with van der Waals surface area (Å²) in [5, 5.41) is 10.4. The highest BCUT2D eigenvalue weighted by molar-refractivity contribution is 8.00. The fourth-order valence-electron chi connectivity index (χ4n) is 2.31. The maximum Gasteiger partial charge on any atom is 0.345 e. The number of aromatic carboxylic acids is 1. The largest absolute Gasteiger partial charge is 0.496 e. The molecule has 1 N–H and O–H groups in total. The topological polar surface area (TPSA) is 89.4 Å². The van der Waals surface area contributed by atoms with E-state index < -0.39 is 5.97 Å². The average molecular weight is 374 g/mol. The third-order valence-corrected chi connectivity index (χ3v) is 5.50. The first kappa shape index (κ1) is 17.4. The molecule has 0 spiro atoms. The third-order valence-electron chi connectivity index (χ3n) is 3.42. The molecule has 0 aliphatic carbocycles. The van der Waals surface area contributed by atoms with Crippen molar-refractivity contribution in [1.29, 1.82) is 0 Å². The molecular formula is C17H14N2O4S2. The number of hydrogen-bond acceptors (Lipinski definition) is 7. The van der Waals surface area contributed by atoms with Gasteiger partial charge < -0.3 is 9.84 Å². The van der Waals surface area contributed by atoms with Gasteiger partial charge in [-0.25, -0.2) is 14.8 Å². The van der Waals surface area contributed by atoms with E-state index in [0.29, 0.717) is 21.5 Å². The summed E-state index contributed by atoms with van der Waals surface area (Å²) in [7, 11) is 1.58. The number of Topliss-reactive ketones (excluding diaryl/α,β-unsaturated/α-hetero) is 1. The highest BCUT2D eigenvalue weighted by Crippen LogP contribution is 2.33. The van der Waals surface area contributed by atoms with E-state index in [0.717, 1.165) is 22.2 Å². The molecule has 6 nitrogen and oxygen atoms in total. The normalized spacial score (nSPS) is 10.8. The fraction of sp³-hybridized carbons (Fsp3) is 0.176. The van der Waals surface area contributed by atoms with Crippen LogP contribution >= 0.6 is 23.1 Å². The van der Waals surface area contributed by atoms with Crippen molar-refractivity contribution in [3.8, 4) is 5.75 Å². The Balaban J connectivity index is 1.87. The van der Waals surface area contributed by atoms with Gasteiger partial charge in [0.2, 0.25) is 0 Å². The van der Waals surface area contributed by atoms with Gasteiger partial charge in [0.05, 0.1) is 28.6 Å². The van der Waals surface area contributed by atoms with E-state index in [9.17, 15) is 9.59 Å². The summed E-state index contributed by atoms with van der Waals surface area (Å²) in [6.07, 6.45) is 0. The van der Waals surface area contributed by atoms with Crippen molar-refractivity contribution in [3.63, 3.8) is 0 Å². The van der Waals surface area contributed by atoms with Gasteiger partial charge in [0.25, 0.3) is 0 Å². The number of rotatable bonds is 6. The van der Waals surface area contributed by atoms with Gasteiger partial charge in [-0.3, -0.25) is 4.79 Å². The summed E-state index contributed by atoms with van der Waals surface area (Å²) < 4.78 is 5.39. The van der Waals surface area contributed by atoms with Crippen LogP contribution in [0.2, 0.25) is 0 Å². The number of nitrogens with zero attached hydrogens (tertiary/aromatic N) is 2. The van der Waals surface area contributed by atoms with Crippen LogP contribution < -0.4 is 4.74 Å². The molecule has 2 heterocycles. The number of aryl methyl sites for hydroxylation is 1. The van der Waals surface area contributed by atoms with Gasteiger partial charge in [0.1, 0.15) is 21.5 Å². The van der Waals surface area contributed by atoms with Crippen molar-refractivity contribution < 1.29 is 19.4 Å². The summed E-state index contributed by atoms with van der Waals surface area (Å²) in [5.41, 5.74) is 0.756. The molecule has 0 aliphatic rings. The molecule has 0 amide bonds. The lowest BCUT2D eigenvalue weighted by molar-refractivity contribution is 0.0702. The Morgan fingerprint density at radius 3 is 2.64 bits per heavy atom. The maximum absolute atomic E-state index is 12.4. The standard InChI is InChI=1S/C17H14N2O4S2/c1-9-18-10-4-3-5-12(23-2)15(10)16(19-9)24-8-11(20)13-6-7-14(25-13)17(21)22/h3-7H,8H2,1-2H3,(H,21,22). The molecule has 0 saturated heterocycles. The van der Waals surface area contributed by atoms with E-state index in [1.807, 2.05) is 18.2 Å². The lowest BCUT2D eigenvalue weighted by Crippen LogP contribution is -2.02. The predicted octanol–water partition coefficient (Wildman–Crippen LogP) is 3.68. The summed E-state index contributed by atoms with van der Waals surface area (Å²) in [4.78, 5) is 32.7. The van der Waals surface area contributed by atoms with Crippen LogP contribution in [0.25, 0.3) is 10.9 Å². The highest BCUT2D eigenvalue weighted by atomic mass is 32.2. The van der Waals surface area contributed by atoms with E-state index in [4.69, 9.17) is 9.84 Å². The molecule has 0 unspecified atom stereocenters. The smallest absolute Gasteiger partial charge is 0.345 e. The van der Waals surface area contributed by atoms with Crippen LogP contribution in [-0.4, -0.2) is 39.7 Å². The van der Waals surface area contributed by atoms with Gasteiger partial charge in [-0.05, 0) is 31.2 Å². The number of fused-ring (bicyclic) bond motifs is 1. The number of carboxylic acid groups (broad SMARTS) is 1. The predicted molar refractivity (Wildman–Crippen MR) is 97.2 cm³/mol. The van der Waals surface area contributed by atoms with Crippen molar-refractivity contribution in [2.45, 2.75) is 11.9 Å². The van der Waals surface area contributed by atoms with E-state index in [1.165, 1.54) is 17.8 Å². The molecule has 2 aromatic heterocycles. The van der Waals surface area contributed by atoms with Gasteiger partial charge in [0.15, 0.2) is 5.78 Å². The van der Waals surface area contributed by atoms with Gasteiger partial charge >= 0.3 is 5.97 Å². The van der Waals surface area contributed by atoms with Crippen LogP contribution in [0.3, 0.4) is 0 Å². The lowest BCUT2D eigenvalue weighted by Gasteiger charge is -2.09. The molecule has 25 heavy (non-hydrogen) atoms. The number of benzene rings is 1. The van der Waals surface area contributed by atoms with Crippen LogP contribution in [0, 0.1) is 6.92 Å². The number of thiophene rings is 1. The van der Waals surface area contributed by atoms with Gasteiger partial charge in [0, 0.05) is 0 Å². The third kappa shape index (κ3) is 3.64. The van der Waals surface area contributed by atoms with Gasteiger partial charge in [-0.1, -0.05) is 17.8 Å². The molecule has 0 saturated carbocycles. The number of carbonyl (C=O) groups is 2. The molecule has 0 fully saturated rings. The molecule has 128 valence electrons. The molecule has 8 heteroatoms. The number of aromatic nitrogens is 2. The Morgan fingerprint density at radius 1 is 1.20 bits per heavy atom. The quantitative estimate of drug-likeness (QED) is 0.400. The van der Waals surface area contributed by atoms with Crippen LogP contribution in [0.15, 0.2) is 35.4 Å². The molecule has 0 aliphatic heterocycles. The Hall–Kier alpha value is -2.45. The van der Waals surface area contributed by atoms with E-state index >= 15 is 0 Å². The zero-order chi connectivity index (χ0) is 18.0. The molecule has 3 rings (SSSR count). The van der Waals surface area contributed by atoms with Gasteiger partial charge in [-0.2, -0.15) is 0 Å². The SMILES string of the molecule is COc1cccc2nc(C)nc(SCC(=O)c3ccc(C(=O)O)s3)c12. The van der Waals surface area contributed by atoms with Gasteiger partial charge in [-0.15, -0.1) is 11.3 Å². The summed E-state index contributed by atoms with van der Waals surface area (Å²) in [5.74, 6) is 0.251. The molecule has 0 radical (unpaired) electrons. The molecule has 1 aromatic carbocycles. The van der Waals surface area contributed by atoms with Crippen molar-refractivity contribution in [2.75, 3.05) is 12.9 Å². The van der Waals surface area contributed by atoms with E-state index in [1.54, 1.807) is 20.1 Å². The Morgan fingerprint density at radius 2 is 1.96 bits per heavy atom. The highest BCUT2D eigenvalue weighted by Gasteiger charge is 2.16. The zero-order valence-corrected chi connectivity index (χ0v) is 15.1. The summed E-state index contributed by atoms with van der Waals surface area (Å²) in [6.45, 7) is 1.79. The van der Waals surface area contributed by atoms with Crippen molar-refractivity contribution in [3.05, 3.63) is 45.9 Å². The van der Waals surface area contributed by atoms with E-state index in [2.05, 4.69) is 9.97 Å². The number of ketones is 1. The second-order valence-corrected chi connectivity index (χ2v) is 7.16. The van der Waals surface area contributed by atoms with Crippen molar-refractivity contribution >= 4 is 45.8 Å². The monoisotopic (exact) mass is 374 g/mol. The first-order valence-electron chi connectivity index (χ1n) is 7.30. The Labute approximate surface area is 151 Å². The number of thioether (sulfide) groups is 1. The zero-order valence-electron chi connectivity index (χ0n) is 13.5. The minimum atomic E-state index is -1.03.